The van der Waals surface area contributed by atoms with E-state index in [-0.39, 0.29) is 0 Å². The fourth-order valence-corrected chi connectivity index (χ4v) is 4.18. The van der Waals surface area contributed by atoms with Crippen LogP contribution >= 0.6 is 0 Å². The first-order valence-electron chi connectivity index (χ1n) is 10.2. The van der Waals surface area contributed by atoms with Gasteiger partial charge in [0.05, 0.1) is 11.8 Å². The van der Waals surface area contributed by atoms with Crippen molar-refractivity contribution in [1.82, 2.24) is 24.1 Å². The minimum absolute atomic E-state index is 0.706. The van der Waals surface area contributed by atoms with Crippen molar-refractivity contribution in [3.63, 3.8) is 0 Å². The summed E-state index contributed by atoms with van der Waals surface area (Å²) in [6, 6.07) is 29.2. The van der Waals surface area contributed by atoms with Gasteiger partial charge in [-0.3, -0.25) is 0 Å². The zero-order chi connectivity index (χ0) is 20.6. The van der Waals surface area contributed by atoms with Crippen LogP contribution in [0.15, 0.2) is 104 Å². The third-order valence-electron chi connectivity index (χ3n) is 5.61. The molecule has 0 atom stereocenters. The SMILES string of the molecule is c1ccc(Cn2cnc3ncnc(-c4cn(-c5ccccc5)c5ccccc45)c32)cc1. The lowest BCUT2D eigenvalue weighted by molar-refractivity contribution is 0.824. The van der Waals surface area contributed by atoms with Gasteiger partial charge in [-0.15, -0.1) is 0 Å². The molecule has 0 amide bonds. The van der Waals surface area contributed by atoms with Crippen molar-refractivity contribution >= 4 is 22.1 Å². The summed E-state index contributed by atoms with van der Waals surface area (Å²) < 4.78 is 4.35. The molecule has 3 aromatic carbocycles. The summed E-state index contributed by atoms with van der Waals surface area (Å²) in [7, 11) is 0. The second-order valence-corrected chi connectivity index (χ2v) is 7.52. The molecule has 31 heavy (non-hydrogen) atoms. The Balaban J connectivity index is 1.59. The Morgan fingerprint density at radius 1 is 0.710 bits per heavy atom. The van der Waals surface area contributed by atoms with Gasteiger partial charge in [-0.2, -0.15) is 0 Å². The number of benzene rings is 3. The second kappa shape index (κ2) is 7.22. The predicted octanol–water partition coefficient (Wildman–Crippen LogP) is 5.49. The molecule has 0 spiro atoms. The zero-order valence-corrected chi connectivity index (χ0v) is 16.8. The van der Waals surface area contributed by atoms with E-state index in [1.807, 2.05) is 18.5 Å². The van der Waals surface area contributed by atoms with E-state index in [4.69, 9.17) is 4.98 Å². The Kier molecular flexibility index (Phi) is 4.10. The lowest BCUT2D eigenvalue weighted by atomic mass is 10.1. The number of para-hydroxylation sites is 2. The number of fused-ring (bicyclic) bond motifs is 2. The topological polar surface area (TPSA) is 48.5 Å². The number of aromatic nitrogens is 5. The highest BCUT2D eigenvalue weighted by atomic mass is 15.1. The molecule has 3 heterocycles. The van der Waals surface area contributed by atoms with Crippen LogP contribution in [0.2, 0.25) is 0 Å². The highest BCUT2D eigenvalue weighted by Crippen LogP contribution is 2.34. The van der Waals surface area contributed by atoms with E-state index < -0.39 is 0 Å². The summed E-state index contributed by atoms with van der Waals surface area (Å²) in [5.74, 6) is 0. The Morgan fingerprint density at radius 2 is 1.45 bits per heavy atom. The minimum Gasteiger partial charge on any atom is -0.323 e. The Hall–Kier alpha value is -4.25. The molecule has 5 heteroatoms. The molecular formula is C26H19N5. The lowest BCUT2D eigenvalue weighted by Crippen LogP contribution is -2.00. The van der Waals surface area contributed by atoms with E-state index in [0.717, 1.165) is 39.9 Å². The molecule has 0 N–H and O–H groups in total. The summed E-state index contributed by atoms with van der Waals surface area (Å²) >= 11 is 0. The van der Waals surface area contributed by atoms with Gasteiger partial charge in [-0.1, -0.05) is 66.7 Å². The molecule has 6 aromatic rings. The van der Waals surface area contributed by atoms with Gasteiger partial charge < -0.3 is 9.13 Å². The average molecular weight is 401 g/mol. The third kappa shape index (κ3) is 2.99. The molecule has 0 aliphatic carbocycles. The highest BCUT2D eigenvalue weighted by Gasteiger charge is 2.18. The average Bonchev–Trinajstić information content (AvgIpc) is 3.42. The Morgan fingerprint density at radius 3 is 2.29 bits per heavy atom. The Bertz CT molecular complexity index is 1500. The maximum atomic E-state index is 4.72. The number of nitrogens with zero attached hydrogens (tertiary/aromatic N) is 5. The van der Waals surface area contributed by atoms with Crippen molar-refractivity contribution in [2.75, 3.05) is 0 Å². The maximum Gasteiger partial charge on any atom is 0.181 e. The summed E-state index contributed by atoms with van der Waals surface area (Å²) in [6.07, 6.45) is 5.63. The van der Waals surface area contributed by atoms with E-state index >= 15 is 0 Å². The first-order chi connectivity index (χ1) is 15.4. The summed E-state index contributed by atoms with van der Waals surface area (Å²) in [6.45, 7) is 0.717. The lowest BCUT2D eigenvalue weighted by Gasteiger charge is -2.07. The van der Waals surface area contributed by atoms with Gasteiger partial charge in [-0.05, 0) is 23.8 Å². The van der Waals surface area contributed by atoms with Gasteiger partial charge in [0, 0.05) is 29.4 Å². The Labute approximate surface area is 179 Å². The predicted molar refractivity (Wildman–Crippen MR) is 123 cm³/mol. The molecular weight excluding hydrogens is 382 g/mol. The number of imidazole rings is 1. The van der Waals surface area contributed by atoms with Gasteiger partial charge >= 0.3 is 0 Å². The van der Waals surface area contributed by atoms with Crippen LogP contribution in [0.25, 0.3) is 39.0 Å². The molecule has 148 valence electrons. The molecule has 0 radical (unpaired) electrons. The summed E-state index contributed by atoms with van der Waals surface area (Å²) in [5.41, 5.74) is 7.09. The first kappa shape index (κ1) is 17.6. The van der Waals surface area contributed by atoms with Crippen LogP contribution in [0.4, 0.5) is 0 Å². The van der Waals surface area contributed by atoms with E-state index in [1.54, 1.807) is 6.33 Å². The summed E-state index contributed by atoms with van der Waals surface area (Å²) in [4.78, 5) is 13.7. The fourth-order valence-electron chi connectivity index (χ4n) is 4.18. The molecule has 0 saturated heterocycles. The van der Waals surface area contributed by atoms with Gasteiger partial charge in [0.25, 0.3) is 0 Å². The van der Waals surface area contributed by atoms with Crippen LogP contribution in [0.3, 0.4) is 0 Å². The fraction of sp³-hybridized carbons (Fsp3) is 0.0385. The van der Waals surface area contributed by atoms with Crippen LogP contribution in [0, 0.1) is 0 Å². The molecule has 0 saturated carbocycles. The smallest absolute Gasteiger partial charge is 0.181 e. The van der Waals surface area contributed by atoms with Gasteiger partial charge in [0.2, 0.25) is 0 Å². The van der Waals surface area contributed by atoms with E-state index in [9.17, 15) is 0 Å². The molecule has 0 bridgehead atoms. The van der Waals surface area contributed by atoms with Crippen LogP contribution in [0.1, 0.15) is 5.56 Å². The molecule has 0 aliphatic rings. The maximum absolute atomic E-state index is 4.72. The van der Waals surface area contributed by atoms with Gasteiger partial charge in [0.1, 0.15) is 17.5 Å². The highest BCUT2D eigenvalue weighted by molar-refractivity contribution is 6.01. The monoisotopic (exact) mass is 401 g/mol. The molecule has 0 unspecified atom stereocenters. The molecule has 5 nitrogen and oxygen atoms in total. The minimum atomic E-state index is 0.706. The van der Waals surface area contributed by atoms with Crippen molar-refractivity contribution in [2.45, 2.75) is 6.54 Å². The quantitative estimate of drug-likeness (QED) is 0.393. The van der Waals surface area contributed by atoms with Crippen molar-refractivity contribution in [1.29, 1.82) is 0 Å². The van der Waals surface area contributed by atoms with Gasteiger partial charge in [0.15, 0.2) is 5.65 Å². The van der Waals surface area contributed by atoms with Crippen LogP contribution in [-0.2, 0) is 6.54 Å². The second-order valence-electron chi connectivity index (χ2n) is 7.52. The standard InChI is InChI=1S/C26H19N5/c1-3-9-19(10-4-1)15-30-18-29-26-25(30)24(27-17-28-26)22-16-31(20-11-5-2-6-12-20)23-14-8-7-13-21(22)23/h1-14,16-18H,15H2. The van der Waals surface area contributed by atoms with Crippen LogP contribution in [0.5, 0.6) is 0 Å². The largest absolute Gasteiger partial charge is 0.323 e. The number of hydrogen-bond acceptors (Lipinski definition) is 3. The summed E-state index contributed by atoms with van der Waals surface area (Å²) in [5, 5.41) is 1.15. The number of hydrogen-bond donors (Lipinski definition) is 0. The molecule has 0 fully saturated rings. The normalized spacial score (nSPS) is 11.4. The number of rotatable bonds is 4. The van der Waals surface area contributed by atoms with E-state index in [2.05, 4.69) is 98.1 Å². The van der Waals surface area contributed by atoms with Crippen molar-refractivity contribution in [3.8, 4) is 16.9 Å². The van der Waals surface area contributed by atoms with Crippen molar-refractivity contribution < 1.29 is 0 Å². The van der Waals surface area contributed by atoms with Crippen molar-refractivity contribution in [2.24, 2.45) is 0 Å². The molecule has 3 aromatic heterocycles. The molecule has 6 rings (SSSR count). The van der Waals surface area contributed by atoms with E-state index in [0.29, 0.717) is 5.65 Å². The third-order valence-corrected chi connectivity index (χ3v) is 5.61. The molecule has 0 aliphatic heterocycles. The van der Waals surface area contributed by atoms with Crippen LogP contribution in [-0.4, -0.2) is 24.1 Å². The van der Waals surface area contributed by atoms with Crippen molar-refractivity contribution in [3.05, 3.63) is 109 Å². The van der Waals surface area contributed by atoms with Gasteiger partial charge in [-0.25, -0.2) is 15.0 Å². The van der Waals surface area contributed by atoms with Crippen LogP contribution < -0.4 is 0 Å². The zero-order valence-electron chi connectivity index (χ0n) is 16.8. The first-order valence-corrected chi connectivity index (χ1v) is 10.2. The van der Waals surface area contributed by atoms with E-state index in [1.165, 1.54) is 5.56 Å².